The van der Waals surface area contributed by atoms with Gasteiger partial charge in [0.2, 0.25) is 0 Å². The molecule has 0 aromatic heterocycles. The molecule has 2 nitrogen and oxygen atoms in total. The van der Waals surface area contributed by atoms with Crippen molar-refractivity contribution in [2.24, 2.45) is 0 Å². The molecule has 19 heavy (non-hydrogen) atoms. The van der Waals surface area contributed by atoms with Gasteiger partial charge in [-0.2, -0.15) is 0 Å². The van der Waals surface area contributed by atoms with E-state index in [9.17, 15) is 8.78 Å². The molecule has 100 valence electrons. The van der Waals surface area contributed by atoms with Crippen LogP contribution in [0, 0.1) is 11.6 Å². The lowest BCUT2D eigenvalue weighted by Gasteiger charge is -2.15. The molecule has 4 heteroatoms. The van der Waals surface area contributed by atoms with E-state index in [0.717, 1.165) is 5.56 Å². The molecular formula is C15H15F2NO. The molecule has 0 fully saturated rings. The van der Waals surface area contributed by atoms with Gasteiger partial charge >= 0.3 is 0 Å². The number of phenolic OH excluding ortho intramolecular Hbond substituents is 1. The van der Waals surface area contributed by atoms with Crippen LogP contribution >= 0.6 is 0 Å². The van der Waals surface area contributed by atoms with Crippen molar-refractivity contribution in [3.8, 4) is 5.75 Å². The molecule has 0 aliphatic rings. The summed E-state index contributed by atoms with van der Waals surface area (Å²) in [6.45, 7) is 1.95. The first kappa shape index (κ1) is 13.3. The van der Waals surface area contributed by atoms with E-state index in [1.54, 1.807) is 18.2 Å². The Morgan fingerprint density at radius 1 is 1.11 bits per heavy atom. The Kier molecular flexibility index (Phi) is 4.00. The molecule has 0 bridgehead atoms. The third-order valence-corrected chi connectivity index (χ3v) is 2.82. The van der Waals surface area contributed by atoms with Crippen molar-refractivity contribution in [2.75, 3.05) is 5.32 Å². The molecule has 0 heterocycles. The van der Waals surface area contributed by atoms with Crippen LogP contribution in [-0.4, -0.2) is 11.1 Å². The summed E-state index contributed by atoms with van der Waals surface area (Å²) < 4.78 is 25.9. The predicted octanol–water partition coefficient (Wildman–Crippen LogP) is 3.71. The van der Waals surface area contributed by atoms with E-state index in [2.05, 4.69) is 5.32 Å². The highest BCUT2D eigenvalue weighted by molar-refractivity contribution is 5.47. The van der Waals surface area contributed by atoms with Gasteiger partial charge in [-0.05, 0) is 43.2 Å². The first-order valence-electron chi connectivity index (χ1n) is 6.04. The van der Waals surface area contributed by atoms with Crippen LogP contribution < -0.4 is 5.32 Å². The van der Waals surface area contributed by atoms with Gasteiger partial charge in [-0.1, -0.05) is 12.1 Å². The van der Waals surface area contributed by atoms with E-state index in [-0.39, 0.29) is 17.6 Å². The maximum Gasteiger partial charge on any atom is 0.166 e. The molecule has 2 N–H and O–H groups in total. The molecule has 2 rings (SSSR count). The minimum Gasteiger partial charge on any atom is -0.505 e. The molecule has 1 atom stereocenters. The van der Waals surface area contributed by atoms with E-state index in [1.807, 2.05) is 6.92 Å². The zero-order valence-electron chi connectivity index (χ0n) is 10.5. The Balaban J connectivity index is 1.98. The van der Waals surface area contributed by atoms with Gasteiger partial charge in [0, 0.05) is 17.8 Å². The summed E-state index contributed by atoms with van der Waals surface area (Å²) >= 11 is 0. The van der Waals surface area contributed by atoms with Crippen molar-refractivity contribution < 1.29 is 13.9 Å². The molecular weight excluding hydrogens is 248 g/mol. The van der Waals surface area contributed by atoms with Crippen molar-refractivity contribution in [1.29, 1.82) is 0 Å². The summed E-state index contributed by atoms with van der Waals surface area (Å²) in [5, 5.41) is 12.2. The summed E-state index contributed by atoms with van der Waals surface area (Å²) in [6.07, 6.45) is 0.697. The number of anilines is 1. The molecule has 0 saturated heterocycles. The summed E-state index contributed by atoms with van der Waals surface area (Å²) in [4.78, 5) is 0. The molecule has 0 aliphatic carbocycles. The summed E-state index contributed by atoms with van der Waals surface area (Å²) in [6, 6.07) is 10.5. The number of benzene rings is 2. The van der Waals surface area contributed by atoms with Crippen LogP contribution in [0.15, 0.2) is 42.5 Å². The lowest BCUT2D eigenvalue weighted by atomic mass is 10.1. The van der Waals surface area contributed by atoms with Gasteiger partial charge in [-0.3, -0.25) is 0 Å². The number of hydrogen-bond acceptors (Lipinski definition) is 2. The predicted molar refractivity (Wildman–Crippen MR) is 71.3 cm³/mol. The molecule has 0 amide bonds. The fourth-order valence-corrected chi connectivity index (χ4v) is 1.91. The third-order valence-electron chi connectivity index (χ3n) is 2.82. The topological polar surface area (TPSA) is 32.3 Å². The smallest absolute Gasteiger partial charge is 0.166 e. The quantitative estimate of drug-likeness (QED) is 0.824. The van der Waals surface area contributed by atoms with Crippen molar-refractivity contribution >= 4 is 5.69 Å². The van der Waals surface area contributed by atoms with E-state index >= 15 is 0 Å². The lowest BCUT2D eigenvalue weighted by molar-refractivity contribution is 0.432. The van der Waals surface area contributed by atoms with Crippen LogP contribution in [-0.2, 0) is 6.42 Å². The zero-order valence-corrected chi connectivity index (χ0v) is 10.5. The Hall–Kier alpha value is -2.10. The van der Waals surface area contributed by atoms with Crippen LogP contribution in [0.25, 0.3) is 0 Å². The van der Waals surface area contributed by atoms with E-state index < -0.39 is 5.82 Å². The first-order valence-corrected chi connectivity index (χ1v) is 6.04. The summed E-state index contributed by atoms with van der Waals surface area (Å²) in [7, 11) is 0. The number of nitrogens with one attached hydrogen (secondary N) is 1. The molecule has 0 saturated carbocycles. The number of hydrogen-bond donors (Lipinski definition) is 2. The number of halogens is 2. The number of phenols is 1. The average Bonchev–Trinajstić information content (AvgIpc) is 2.37. The van der Waals surface area contributed by atoms with Gasteiger partial charge in [0.25, 0.3) is 0 Å². The minimum absolute atomic E-state index is 0.0643. The van der Waals surface area contributed by atoms with E-state index in [0.29, 0.717) is 12.1 Å². The zero-order chi connectivity index (χ0) is 13.8. The highest BCUT2D eigenvalue weighted by Crippen LogP contribution is 2.20. The van der Waals surface area contributed by atoms with E-state index in [1.165, 1.54) is 24.3 Å². The molecule has 1 unspecified atom stereocenters. The Morgan fingerprint density at radius 2 is 1.79 bits per heavy atom. The van der Waals surface area contributed by atoms with Crippen LogP contribution in [0.1, 0.15) is 12.5 Å². The van der Waals surface area contributed by atoms with Gasteiger partial charge in [-0.15, -0.1) is 0 Å². The standard InChI is InChI=1S/C15H15F2NO/c1-10(8-11-2-4-12(16)5-3-11)18-13-6-7-15(19)14(17)9-13/h2-7,9-10,18-19H,8H2,1H3. The van der Waals surface area contributed by atoms with Gasteiger partial charge in [0.05, 0.1) is 0 Å². The SMILES string of the molecule is CC(Cc1ccc(F)cc1)Nc1ccc(O)c(F)c1. The van der Waals surface area contributed by atoms with Crippen molar-refractivity contribution in [2.45, 2.75) is 19.4 Å². The van der Waals surface area contributed by atoms with Crippen LogP contribution in [0.2, 0.25) is 0 Å². The van der Waals surface area contributed by atoms with Crippen LogP contribution in [0.5, 0.6) is 5.75 Å². The lowest BCUT2D eigenvalue weighted by Crippen LogP contribution is -2.18. The second-order valence-electron chi connectivity index (χ2n) is 4.54. The average molecular weight is 263 g/mol. The molecule has 0 spiro atoms. The monoisotopic (exact) mass is 263 g/mol. The second kappa shape index (κ2) is 5.69. The minimum atomic E-state index is -0.654. The number of aromatic hydroxyl groups is 1. The van der Waals surface area contributed by atoms with Gasteiger partial charge in [0.1, 0.15) is 5.82 Å². The largest absolute Gasteiger partial charge is 0.505 e. The highest BCUT2D eigenvalue weighted by Gasteiger charge is 2.06. The first-order chi connectivity index (χ1) is 9.04. The molecule has 0 aliphatic heterocycles. The van der Waals surface area contributed by atoms with Crippen LogP contribution in [0.3, 0.4) is 0 Å². The maximum atomic E-state index is 13.2. The fourth-order valence-electron chi connectivity index (χ4n) is 1.91. The van der Waals surface area contributed by atoms with E-state index in [4.69, 9.17) is 5.11 Å². The van der Waals surface area contributed by atoms with Crippen molar-refractivity contribution in [3.63, 3.8) is 0 Å². The molecule has 2 aromatic rings. The van der Waals surface area contributed by atoms with Gasteiger partial charge in [-0.25, -0.2) is 8.78 Å². The Morgan fingerprint density at radius 3 is 2.42 bits per heavy atom. The maximum absolute atomic E-state index is 13.2. The second-order valence-corrected chi connectivity index (χ2v) is 4.54. The fraction of sp³-hybridized carbons (Fsp3) is 0.200. The molecule has 0 radical (unpaired) electrons. The highest BCUT2D eigenvalue weighted by atomic mass is 19.1. The van der Waals surface area contributed by atoms with Gasteiger partial charge in [0.15, 0.2) is 11.6 Å². The summed E-state index contributed by atoms with van der Waals surface area (Å²) in [5.74, 6) is -1.28. The Bertz CT molecular complexity index is 555. The van der Waals surface area contributed by atoms with Crippen LogP contribution in [0.4, 0.5) is 14.5 Å². The summed E-state index contributed by atoms with van der Waals surface area (Å²) in [5.41, 5.74) is 1.60. The Labute approximate surface area is 110 Å². The molecule has 2 aromatic carbocycles. The normalized spacial score (nSPS) is 12.2. The van der Waals surface area contributed by atoms with Gasteiger partial charge < -0.3 is 10.4 Å². The number of rotatable bonds is 4. The van der Waals surface area contributed by atoms with Crippen molar-refractivity contribution in [3.05, 3.63) is 59.7 Å². The van der Waals surface area contributed by atoms with Crippen molar-refractivity contribution in [1.82, 2.24) is 0 Å². The third kappa shape index (κ3) is 3.68.